The van der Waals surface area contributed by atoms with Gasteiger partial charge in [-0.25, -0.2) is 0 Å². The number of piperazine rings is 1. The highest BCUT2D eigenvalue weighted by molar-refractivity contribution is 5.92. The lowest BCUT2D eigenvalue weighted by molar-refractivity contribution is 0.0943. The molecule has 1 saturated heterocycles. The Bertz CT molecular complexity index is 631. The van der Waals surface area contributed by atoms with E-state index in [0.717, 1.165) is 38.4 Å². The quantitative estimate of drug-likeness (QED) is 0.872. The predicted octanol–water partition coefficient (Wildman–Crippen LogP) is 1.27. The Morgan fingerprint density at radius 1 is 1.22 bits per heavy atom. The summed E-state index contributed by atoms with van der Waals surface area (Å²) in [6.45, 7) is 7.50. The molecule has 1 aliphatic rings. The first-order valence-electron chi connectivity index (χ1n) is 8.05. The first kappa shape index (κ1) is 15.6. The second-order valence-corrected chi connectivity index (χ2v) is 5.86. The summed E-state index contributed by atoms with van der Waals surface area (Å²) < 4.78 is 0. The predicted molar refractivity (Wildman–Crippen MR) is 90.8 cm³/mol. The fraction of sp³-hybridized carbons (Fsp3) is 0.412. The number of amides is 1. The number of benzene rings is 1. The number of para-hydroxylation sites is 1. The van der Waals surface area contributed by atoms with Gasteiger partial charge in [-0.2, -0.15) is 5.10 Å². The summed E-state index contributed by atoms with van der Waals surface area (Å²) in [5.74, 6) is -0.114. The van der Waals surface area contributed by atoms with Gasteiger partial charge >= 0.3 is 0 Å². The van der Waals surface area contributed by atoms with Gasteiger partial charge in [0.15, 0.2) is 0 Å². The van der Waals surface area contributed by atoms with E-state index < -0.39 is 0 Å². The first-order valence-corrected chi connectivity index (χ1v) is 8.05. The summed E-state index contributed by atoms with van der Waals surface area (Å²) >= 11 is 0. The van der Waals surface area contributed by atoms with Gasteiger partial charge in [-0.15, -0.1) is 0 Å². The van der Waals surface area contributed by atoms with Crippen LogP contribution in [-0.4, -0.2) is 60.3 Å². The number of carbonyl (C=O) groups excluding carboxylic acids is 1. The molecule has 0 aliphatic carbocycles. The van der Waals surface area contributed by atoms with Gasteiger partial charge in [-0.1, -0.05) is 18.2 Å². The highest BCUT2D eigenvalue weighted by Crippen LogP contribution is 2.15. The number of aromatic nitrogens is 2. The highest BCUT2D eigenvalue weighted by atomic mass is 16.1. The minimum absolute atomic E-state index is 0.114. The SMILES string of the molecule is Cc1cc(C(=O)NCCN2CCN(c3ccccc3)CC2)n[nH]1. The van der Waals surface area contributed by atoms with E-state index in [1.165, 1.54) is 5.69 Å². The Morgan fingerprint density at radius 2 is 1.96 bits per heavy atom. The standard InChI is InChI=1S/C17H23N5O/c1-14-13-16(20-19-14)17(23)18-7-8-21-9-11-22(12-10-21)15-5-3-2-4-6-15/h2-6,13H,7-12H2,1H3,(H,18,23)(H,19,20). The summed E-state index contributed by atoms with van der Waals surface area (Å²) in [6, 6.07) is 12.3. The van der Waals surface area contributed by atoms with Crippen molar-refractivity contribution in [3.8, 4) is 0 Å². The molecule has 3 rings (SSSR count). The van der Waals surface area contributed by atoms with Crippen LogP contribution in [0, 0.1) is 6.92 Å². The van der Waals surface area contributed by atoms with Crippen LogP contribution in [0.4, 0.5) is 5.69 Å². The third kappa shape index (κ3) is 4.10. The number of carbonyl (C=O) groups is 1. The molecule has 0 radical (unpaired) electrons. The molecule has 1 aromatic heterocycles. The van der Waals surface area contributed by atoms with E-state index in [4.69, 9.17) is 0 Å². The number of hydrogen-bond donors (Lipinski definition) is 2. The van der Waals surface area contributed by atoms with E-state index in [-0.39, 0.29) is 5.91 Å². The summed E-state index contributed by atoms with van der Waals surface area (Å²) in [5.41, 5.74) is 2.64. The third-order valence-electron chi connectivity index (χ3n) is 4.15. The van der Waals surface area contributed by atoms with E-state index in [9.17, 15) is 4.79 Å². The molecule has 0 saturated carbocycles. The molecule has 1 aromatic carbocycles. The van der Waals surface area contributed by atoms with E-state index in [1.54, 1.807) is 6.07 Å². The zero-order valence-corrected chi connectivity index (χ0v) is 13.5. The van der Waals surface area contributed by atoms with Crippen LogP contribution in [0.15, 0.2) is 36.4 Å². The molecule has 6 heteroatoms. The molecule has 122 valence electrons. The molecule has 2 aromatic rings. The van der Waals surface area contributed by atoms with Crippen molar-refractivity contribution in [3.63, 3.8) is 0 Å². The summed E-state index contributed by atoms with van der Waals surface area (Å²) in [7, 11) is 0. The lowest BCUT2D eigenvalue weighted by Crippen LogP contribution is -2.48. The van der Waals surface area contributed by atoms with Gasteiger partial charge in [0.2, 0.25) is 0 Å². The minimum Gasteiger partial charge on any atom is -0.369 e. The first-order chi connectivity index (χ1) is 11.2. The van der Waals surface area contributed by atoms with E-state index in [0.29, 0.717) is 12.2 Å². The molecule has 23 heavy (non-hydrogen) atoms. The molecule has 0 unspecified atom stereocenters. The van der Waals surface area contributed by atoms with Crippen molar-refractivity contribution < 1.29 is 4.79 Å². The Hall–Kier alpha value is -2.34. The van der Waals surface area contributed by atoms with Gasteiger partial charge in [0.05, 0.1) is 0 Å². The fourth-order valence-electron chi connectivity index (χ4n) is 2.82. The number of rotatable bonds is 5. The van der Waals surface area contributed by atoms with Gasteiger partial charge in [-0.3, -0.25) is 14.8 Å². The van der Waals surface area contributed by atoms with Crippen molar-refractivity contribution in [2.24, 2.45) is 0 Å². The zero-order chi connectivity index (χ0) is 16.1. The molecule has 1 aliphatic heterocycles. The maximum absolute atomic E-state index is 11.9. The lowest BCUT2D eigenvalue weighted by atomic mass is 10.2. The molecule has 1 amide bonds. The Kier molecular flexibility index (Phi) is 4.92. The van der Waals surface area contributed by atoms with Gasteiger partial charge in [-0.05, 0) is 25.1 Å². The minimum atomic E-state index is -0.114. The smallest absolute Gasteiger partial charge is 0.271 e. The van der Waals surface area contributed by atoms with Crippen LogP contribution in [0.5, 0.6) is 0 Å². The van der Waals surface area contributed by atoms with Crippen LogP contribution in [0.1, 0.15) is 16.2 Å². The molecule has 2 N–H and O–H groups in total. The topological polar surface area (TPSA) is 64.3 Å². The fourth-order valence-corrected chi connectivity index (χ4v) is 2.82. The van der Waals surface area contributed by atoms with Crippen LogP contribution in [0.3, 0.4) is 0 Å². The molecule has 6 nitrogen and oxygen atoms in total. The van der Waals surface area contributed by atoms with E-state index >= 15 is 0 Å². The molecule has 2 heterocycles. The zero-order valence-electron chi connectivity index (χ0n) is 13.5. The van der Waals surface area contributed by atoms with Crippen molar-refractivity contribution in [3.05, 3.63) is 47.8 Å². The Labute approximate surface area is 136 Å². The molecule has 0 atom stereocenters. The van der Waals surface area contributed by atoms with Crippen LogP contribution >= 0.6 is 0 Å². The van der Waals surface area contributed by atoms with Crippen LogP contribution in [-0.2, 0) is 0 Å². The maximum Gasteiger partial charge on any atom is 0.271 e. The van der Waals surface area contributed by atoms with Gasteiger partial charge in [0.25, 0.3) is 5.91 Å². The summed E-state index contributed by atoms with van der Waals surface area (Å²) in [5, 5.41) is 9.68. The van der Waals surface area contributed by atoms with Gasteiger partial charge in [0, 0.05) is 50.6 Å². The number of H-pyrrole nitrogens is 1. The third-order valence-corrected chi connectivity index (χ3v) is 4.15. The molecule has 0 bridgehead atoms. The Morgan fingerprint density at radius 3 is 2.61 bits per heavy atom. The maximum atomic E-state index is 11.9. The number of aromatic amines is 1. The van der Waals surface area contributed by atoms with Gasteiger partial charge in [0.1, 0.15) is 5.69 Å². The number of nitrogens with one attached hydrogen (secondary N) is 2. The molecular weight excluding hydrogens is 290 g/mol. The summed E-state index contributed by atoms with van der Waals surface area (Å²) in [4.78, 5) is 16.7. The van der Waals surface area contributed by atoms with Crippen LogP contribution < -0.4 is 10.2 Å². The van der Waals surface area contributed by atoms with Crippen LogP contribution in [0.2, 0.25) is 0 Å². The number of hydrogen-bond acceptors (Lipinski definition) is 4. The van der Waals surface area contributed by atoms with E-state index in [2.05, 4.69) is 49.6 Å². The number of aryl methyl sites for hydroxylation is 1. The van der Waals surface area contributed by atoms with Gasteiger partial charge < -0.3 is 10.2 Å². The Balaban J connectivity index is 1.39. The number of nitrogens with zero attached hydrogens (tertiary/aromatic N) is 3. The largest absolute Gasteiger partial charge is 0.369 e. The normalized spacial score (nSPS) is 15.6. The molecular formula is C17H23N5O. The second-order valence-electron chi connectivity index (χ2n) is 5.86. The lowest BCUT2D eigenvalue weighted by Gasteiger charge is -2.36. The van der Waals surface area contributed by atoms with Crippen molar-refractivity contribution in [1.82, 2.24) is 20.4 Å². The van der Waals surface area contributed by atoms with Crippen molar-refractivity contribution in [2.45, 2.75) is 6.92 Å². The highest BCUT2D eigenvalue weighted by Gasteiger charge is 2.17. The number of anilines is 1. The second kappa shape index (κ2) is 7.28. The average Bonchev–Trinajstić information content (AvgIpc) is 3.03. The average molecular weight is 313 g/mol. The molecule has 0 spiro atoms. The van der Waals surface area contributed by atoms with Crippen molar-refractivity contribution >= 4 is 11.6 Å². The van der Waals surface area contributed by atoms with E-state index in [1.807, 2.05) is 13.0 Å². The molecule has 1 fully saturated rings. The van der Waals surface area contributed by atoms with Crippen molar-refractivity contribution in [2.75, 3.05) is 44.2 Å². The van der Waals surface area contributed by atoms with Crippen LogP contribution in [0.25, 0.3) is 0 Å². The summed E-state index contributed by atoms with van der Waals surface area (Å²) in [6.07, 6.45) is 0. The monoisotopic (exact) mass is 313 g/mol. The van der Waals surface area contributed by atoms with Crippen molar-refractivity contribution in [1.29, 1.82) is 0 Å².